The van der Waals surface area contributed by atoms with Crippen molar-refractivity contribution in [1.29, 1.82) is 0 Å². The quantitative estimate of drug-likeness (QED) is 0.240. The number of fused-ring (bicyclic) bond motifs is 9. The minimum absolute atomic E-state index is 0.461. The second kappa shape index (κ2) is 8.55. The maximum atomic E-state index is 6.46. The minimum Gasteiger partial charge on any atom is -0.456 e. The van der Waals surface area contributed by atoms with E-state index in [1.807, 2.05) is 35.6 Å². The molecule has 9 aromatic rings. The first kappa shape index (κ1) is 22.9. The molecule has 194 valence electrons. The number of thiophene rings is 1. The van der Waals surface area contributed by atoms with Crippen molar-refractivity contribution in [1.82, 2.24) is 0 Å². The summed E-state index contributed by atoms with van der Waals surface area (Å²) >= 11 is 1.84. The van der Waals surface area contributed by atoms with E-state index in [0.717, 1.165) is 66.1 Å². The first-order valence-electron chi connectivity index (χ1n) is 13.8. The molecule has 6 aromatic carbocycles. The van der Waals surface area contributed by atoms with Gasteiger partial charge in [-0.2, -0.15) is 0 Å². The van der Waals surface area contributed by atoms with Crippen LogP contribution in [-0.2, 0) is 6.54 Å². The number of para-hydroxylation sites is 1. The molecule has 0 radical (unpaired) electrons. The van der Waals surface area contributed by atoms with E-state index in [9.17, 15) is 0 Å². The van der Waals surface area contributed by atoms with Crippen LogP contribution in [0, 0.1) is 0 Å². The van der Waals surface area contributed by atoms with Crippen LogP contribution in [0.2, 0.25) is 0 Å². The SMILES string of the molecule is NCc1cccc2oc3ccc(-c4cc(-c5ccc6c(c5)sc5ccccc56)cc5oc6ccccc6c45)cc3c12. The lowest BCUT2D eigenvalue weighted by Gasteiger charge is -2.10. The van der Waals surface area contributed by atoms with Gasteiger partial charge in [0.15, 0.2) is 0 Å². The number of furan rings is 2. The number of rotatable bonds is 3. The van der Waals surface area contributed by atoms with E-state index in [1.54, 1.807) is 0 Å². The zero-order chi connectivity index (χ0) is 27.1. The average Bonchev–Trinajstić information content (AvgIpc) is 3.70. The van der Waals surface area contributed by atoms with Gasteiger partial charge in [0, 0.05) is 48.3 Å². The van der Waals surface area contributed by atoms with Crippen LogP contribution in [0.15, 0.2) is 124 Å². The standard InChI is InChI=1S/C37H23NO2S/c38-20-23-6-5-10-32-36(23)29-16-22(13-15-31(29)39-32)28-17-24(18-33-37(28)27-8-1-3-9-30(27)40-33)21-12-14-26-25-7-2-4-11-34(25)41-35(26)19-21/h1-19H,20,38H2. The van der Waals surface area contributed by atoms with Gasteiger partial charge in [0.2, 0.25) is 0 Å². The van der Waals surface area contributed by atoms with Crippen molar-refractivity contribution >= 4 is 75.4 Å². The molecule has 3 heterocycles. The van der Waals surface area contributed by atoms with Crippen molar-refractivity contribution in [2.75, 3.05) is 0 Å². The fourth-order valence-electron chi connectivity index (χ4n) is 6.39. The third-order valence-electron chi connectivity index (χ3n) is 8.30. The van der Waals surface area contributed by atoms with Gasteiger partial charge in [0.1, 0.15) is 22.3 Å². The van der Waals surface area contributed by atoms with Gasteiger partial charge in [-0.15, -0.1) is 11.3 Å². The predicted molar refractivity (Wildman–Crippen MR) is 173 cm³/mol. The van der Waals surface area contributed by atoms with Gasteiger partial charge in [-0.3, -0.25) is 0 Å². The van der Waals surface area contributed by atoms with E-state index in [-0.39, 0.29) is 0 Å². The van der Waals surface area contributed by atoms with Crippen molar-refractivity contribution in [3.8, 4) is 22.3 Å². The van der Waals surface area contributed by atoms with Crippen LogP contribution in [0.4, 0.5) is 0 Å². The molecule has 0 atom stereocenters. The summed E-state index contributed by atoms with van der Waals surface area (Å²) in [4.78, 5) is 0. The van der Waals surface area contributed by atoms with Crippen molar-refractivity contribution in [3.63, 3.8) is 0 Å². The Bertz CT molecular complexity index is 2480. The molecule has 9 rings (SSSR count). The predicted octanol–water partition coefficient (Wildman–Crippen LogP) is 10.6. The number of benzene rings is 6. The molecule has 0 amide bonds. The number of hydrogen-bond donors (Lipinski definition) is 1. The summed E-state index contributed by atoms with van der Waals surface area (Å²) in [6.45, 7) is 0.461. The van der Waals surface area contributed by atoms with Crippen LogP contribution in [0.25, 0.3) is 86.3 Å². The van der Waals surface area contributed by atoms with Crippen LogP contribution in [0.3, 0.4) is 0 Å². The lowest BCUT2D eigenvalue weighted by Crippen LogP contribution is -1.96. The van der Waals surface area contributed by atoms with Crippen LogP contribution < -0.4 is 5.73 Å². The van der Waals surface area contributed by atoms with Gasteiger partial charge < -0.3 is 14.6 Å². The molecule has 0 fully saturated rings. The highest BCUT2D eigenvalue weighted by Crippen LogP contribution is 2.43. The topological polar surface area (TPSA) is 52.3 Å². The Balaban J connectivity index is 1.33. The molecule has 0 unspecified atom stereocenters. The summed E-state index contributed by atoms with van der Waals surface area (Å²) < 4.78 is 15.3. The van der Waals surface area contributed by atoms with Crippen LogP contribution in [0.5, 0.6) is 0 Å². The fraction of sp³-hybridized carbons (Fsp3) is 0.0270. The molecule has 0 aliphatic heterocycles. The molecule has 41 heavy (non-hydrogen) atoms. The lowest BCUT2D eigenvalue weighted by atomic mass is 9.93. The summed E-state index contributed by atoms with van der Waals surface area (Å²) in [6, 6.07) is 40.8. The van der Waals surface area contributed by atoms with E-state index in [4.69, 9.17) is 14.6 Å². The maximum absolute atomic E-state index is 6.46. The summed E-state index contributed by atoms with van der Waals surface area (Å²) in [7, 11) is 0. The van der Waals surface area contributed by atoms with E-state index >= 15 is 0 Å². The summed E-state index contributed by atoms with van der Waals surface area (Å²) in [5, 5.41) is 7.02. The van der Waals surface area contributed by atoms with Crippen molar-refractivity contribution < 1.29 is 8.83 Å². The number of nitrogens with two attached hydrogens (primary N) is 1. The summed E-state index contributed by atoms with van der Waals surface area (Å²) in [5.74, 6) is 0. The molecule has 0 saturated heterocycles. The van der Waals surface area contributed by atoms with Gasteiger partial charge in [0.05, 0.1) is 0 Å². The molecule has 0 aliphatic carbocycles. The molecule has 3 aromatic heterocycles. The molecule has 0 spiro atoms. The van der Waals surface area contributed by atoms with Gasteiger partial charge in [0.25, 0.3) is 0 Å². The highest BCUT2D eigenvalue weighted by Gasteiger charge is 2.18. The van der Waals surface area contributed by atoms with E-state index in [1.165, 1.54) is 25.7 Å². The van der Waals surface area contributed by atoms with Crippen molar-refractivity contribution in [2.45, 2.75) is 6.54 Å². The minimum atomic E-state index is 0.461. The first-order chi connectivity index (χ1) is 20.2. The number of hydrogen-bond acceptors (Lipinski definition) is 4. The third kappa shape index (κ3) is 3.35. The normalized spacial score (nSPS) is 12.1. The van der Waals surface area contributed by atoms with Crippen LogP contribution in [0.1, 0.15) is 5.56 Å². The molecule has 0 bridgehead atoms. The molecule has 4 heteroatoms. The second-order valence-electron chi connectivity index (χ2n) is 10.6. The van der Waals surface area contributed by atoms with E-state index in [2.05, 4.69) is 91.0 Å². The van der Waals surface area contributed by atoms with Crippen LogP contribution in [-0.4, -0.2) is 0 Å². The third-order valence-corrected chi connectivity index (χ3v) is 9.44. The molecule has 0 aliphatic rings. The van der Waals surface area contributed by atoms with Gasteiger partial charge in [-0.25, -0.2) is 0 Å². The van der Waals surface area contributed by atoms with E-state index < -0.39 is 0 Å². The molecule has 2 N–H and O–H groups in total. The highest BCUT2D eigenvalue weighted by molar-refractivity contribution is 7.25. The monoisotopic (exact) mass is 545 g/mol. The molecular formula is C37H23NO2S. The zero-order valence-corrected chi connectivity index (χ0v) is 22.8. The largest absolute Gasteiger partial charge is 0.456 e. The van der Waals surface area contributed by atoms with Crippen molar-refractivity contribution in [3.05, 3.63) is 121 Å². The van der Waals surface area contributed by atoms with Crippen molar-refractivity contribution in [2.24, 2.45) is 5.73 Å². The van der Waals surface area contributed by atoms with Crippen LogP contribution >= 0.6 is 11.3 Å². The second-order valence-corrected chi connectivity index (χ2v) is 11.7. The zero-order valence-electron chi connectivity index (χ0n) is 22.0. The summed E-state index contributed by atoms with van der Waals surface area (Å²) in [6.07, 6.45) is 0. The Kier molecular flexibility index (Phi) is 4.77. The Morgan fingerprint density at radius 3 is 2.17 bits per heavy atom. The van der Waals surface area contributed by atoms with Gasteiger partial charge in [-0.1, -0.05) is 66.7 Å². The lowest BCUT2D eigenvalue weighted by molar-refractivity contribution is 0.668. The highest BCUT2D eigenvalue weighted by atomic mass is 32.1. The Hall–Kier alpha value is -4.90. The Morgan fingerprint density at radius 2 is 1.24 bits per heavy atom. The fourth-order valence-corrected chi connectivity index (χ4v) is 7.54. The smallest absolute Gasteiger partial charge is 0.136 e. The molecule has 3 nitrogen and oxygen atoms in total. The average molecular weight is 546 g/mol. The Labute approximate surface area is 239 Å². The van der Waals surface area contributed by atoms with Gasteiger partial charge >= 0.3 is 0 Å². The van der Waals surface area contributed by atoms with Gasteiger partial charge in [-0.05, 0) is 76.3 Å². The van der Waals surface area contributed by atoms with E-state index in [0.29, 0.717) is 6.54 Å². The molecule has 0 saturated carbocycles. The first-order valence-corrected chi connectivity index (χ1v) is 14.6. The molecular weight excluding hydrogens is 522 g/mol. The maximum Gasteiger partial charge on any atom is 0.136 e. The summed E-state index contributed by atoms with van der Waals surface area (Å²) in [5.41, 5.74) is 15.3. The Morgan fingerprint density at radius 1 is 0.488 bits per heavy atom.